The van der Waals surface area contributed by atoms with E-state index in [0.29, 0.717) is 6.04 Å². The van der Waals surface area contributed by atoms with Crippen molar-refractivity contribution in [2.45, 2.75) is 52.6 Å². The third-order valence-electron chi connectivity index (χ3n) is 3.42. The van der Waals surface area contributed by atoms with Crippen LogP contribution in [-0.2, 0) is 4.79 Å². The molecule has 0 aromatic rings. The predicted molar refractivity (Wildman–Crippen MR) is 71.3 cm³/mol. The largest absolute Gasteiger partial charge is 0.481 e. The van der Waals surface area contributed by atoms with Gasteiger partial charge >= 0.3 is 5.97 Å². The summed E-state index contributed by atoms with van der Waals surface area (Å²) in [6, 6.07) is 0.629. The van der Waals surface area contributed by atoms with Crippen LogP contribution in [-0.4, -0.2) is 48.2 Å². The number of rotatable bonds is 9. The molecule has 0 radical (unpaired) electrons. The first-order chi connectivity index (χ1) is 7.86. The molecule has 2 unspecified atom stereocenters. The van der Waals surface area contributed by atoms with E-state index in [0.717, 1.165) is 25.9 Å². The zero-order valence-corrected chi connectivity index (χ0v) is 11.9. The number of unbranched alkanes of at least 4 members (excludes halogenated alkanes) is 1. The number of nitrogens with one attached hydrogen (secondary N) is 1. The van der Waals surface area contributed by atoms with Gasteiger partial charge in [0.15, 0.2) is 0 Å². The second-order valence-corrected chi connectivity index (χ2v) is 5.15. The zero-order valence-electron chi connectivity index (χ0n) is 11.9. The van der Waals surface area contributed by atoms with Gasteiger partial charge in [-0.3, -0.25) is 4.79 Å². The average molecular weight is 244 g/mol. The standard InChI is InChI=1S/C13H28N2O2/c1-10(2)15(5)9-7-6-8-14-12(4)11(3)13(16)17/h10-12,14H,6-9H2,1-5H3,(H,16,17). The first-order valence-corrected chi connectivity index (χ1v) is 6.52. The average Bonchev–Trinajstić information content (AvgIpc) is 2.26. The van der Waals surface area contributed by atoms with Gasteiger partial charge in [0.05, 0.1) is 5.92 Å². The Morgan fingerprint density at radius 1 is 1.24 bits per heavy atom. The van der Waals surface area contributed by atoms with Gasteiger partial charge in [0.25, 0.3) is 0 Å². The highest BCUT2D eigenvalue weighted by Crippen LogP contribution is 2.03. The second-order valence-electron chi connectivity index (χ2n) is 5.15. The van der Waals surface area contributed by atoms with Crippen LogP contribution in [0.15, 0.2) is 0 Å². The van der Waals surface area contributed by atoms with Crippen LogP contribution in [0.5, 0.6) is 0 Å². The van der Waals surface area contributed by atoms with Crippen LogP contribution in [0.2, 0.25) is 0 Å². The molecule has 0 aromatic carbocycles. The van der Waals surface area contributed by atoms with E-state index >= 15 is 0 Å². The van der Waals surface area contributed by atoms with Gasteiger partial charge < -0.3 is 15.3 Å². The van der Waals surface area contributed by atoms with E-state index in [1.54, 1.807) is 6.92 Å². The lowest BCUT2D eigenvalue weighted by molar-refractivity contribution is -0.141. The van der Waals surface area contributed by atoms with Crippen molar-refractivity contribution in [2.75, 3.05) is 20.1 Å². The normalized spacial score (nSPS) is 15.2. The molecule has 0 amide bonds. The van der Waals surface area contributed by atoms with Crippen molar-refractivity contribution in [3.63, 3.8) is 0 Å². The summed E-state index contributed by atoms with van der Waals surface area (Å²) >= 11 is 0. The Hall–Kier alpha value is -0.610. The van der Waals surface area contributed by atoms with Gasteiger partial charge in [0.1, 0.15) is 0 Å². The Morgan fingerprint density at radius 2 is 1.82 bits per heavy atom. The summed E-state index contributed by atoms with van der Waals surface area (Å²) in [6.07, 6.45) is 2.24. The predicted octanol–water partition coefficient (Wildman–Crippen LogP) is 1.81. The number of carbonyl (C=O) groups is 1. The molecule has 2 N–H and O–H groups in total. The molecule has 2 atom stereocenters. The maximum atomic E-state index is 10.7. The van der Waals surface area contributed by atoms with E-state index in [2.05, 4.69) is 31.1 Å². The van der Waals surface area contributed by atoms with Crippen molar-refractivity contribution in [2.24, 2.45) is 5.92 Å². The Morgan fingerprint density at radius 3 is 2.29 bits per heavy atom. The van der Waals surface area contributed by atoms with Crippen LogP contribution in [0.1, 0.15) is 40.5 Å². The number of aliphatic carboxylic acids is 1. The molecule has 0 aliphatic rings. The Labute approximate surface area is 105 Å². The molecular weight excluding hydrogens is 216 g/mol. The van der Waals surface area contributed by atoms with Gasteiger partial charge in [0.2, 0.25) is 0 Å². The van der Waals surface area contributed by atoms with Crippen molar-refractivity contribution in [3.8, 4) is 0 Å². The molecule has 0 bridgehead atoms. The Kier molecular flexibility index (Phi) is 8.17. The fourth-order valence-electron chi connectivity index (χ4n) is 1.46. The van der Waals surface area contributed by atoms with Crippen LogP contribution in [0.25, 0.3) is 0 Å². The van der Waals surface area contributed by atoms with Crippen molar-refractivity contribution < 1.29 is 9.90 Å². The van der Waals surface area contributed by atoms with Crippen molar-refractivity contribution >= 4 is 5.97 Å². The summed E-state index contributed by atoms with van der Waals surface area (Å²) in [7, 11) is 2.13. The summed E-state index contributed by atoms with van der Waals surface area (Å²) < 4.78 is 0. The third kappa shape index (κ3) is 7.34. The first-order valence-electron chi connectivity index (χ1n) is 6.52. The minimum atomic E-state index is -0.732. The van der Waals surface area contributed by atoms with E-state index < -0.39 is 5.97 Å². The van der Waals surface area contributed by atoms with E-state index in [1.807, 2.05) is 6.92 Å². The maximum Gasteiger partial charge on any atom is 0.307 e. The quantitative estimate of drug-likeness (QED) is 0.607. The van der Waals surface area contributed by atoms with Crippen LogP contribution in [0.4, 0.5) is 0 Å². The van der Waals surface area contributed by atoms with Crippen molar-refractivity contribution in [1.29, 1.82) is 0 Å². The van der Waals surface area contributed by atoms with Gasteiger partial charge in [-0.1, -0.05) is 6.92 Å². The molecule has 0 aliphatic carbocycles. The molecule has 4 nitrogen and oxygen atoms in total. The molecule has 0 spiro atoms. The maximum absolute atomic E-state index is 10.7. The molecule has 17 heavy (non-hydrogen) atoms. The lowest BCUT2D eigenvalue weighted by Gasteiger charge is -2.21. The van der Waals surface area contributed by atoms with Crippen molar-refractivity contribution in [1.82, 2.24) is 10.2 Å². The number of hydrogen-bond acceptors (Lipinski definition) is 3. The molecule has 0 saturated carbocycles. The fraction of sp³-hybridized carbons (Fsp3) is 0.923. The highest BCUT2D eigenvalue weighted by atomic mass is 16.4. The van der Waals surface area contributed by atoms with E-state index in [1.165, 1.54) is 0 Å². The molecule has 0 fully saturated rings. The lowest BCUT2D eigenvalue weighted by atomic mass is 10.0. The lowest BCUT2D eigenvalue weighted by Crippen LogP contribution is -2.37. The second kappa shape index (κ2) is 8.48. The monoisotopic (exact) mass is 244 g/mol. The number of hydrogen-bond donors (Lipinski definition) is 2. The summed E-state index contributed by atoms with van der Waals surface area (Å²) in [5, 5.41) is 12.1. The highest BCUT2D eigenvalue weighted by Gasteiger charge is 2.18. The molecular formula is C13H28N2O2. The fourth-order valence-corrected chi connectivity index (χ4v) is 1.46. The highest BCUT2D eigenvalue weighted by molar-refractivity contribution is 5.70. The first kappa shape index (κ1) is 16.4. The SMILES string of the molecule is CC(NCCCCN(C)C(C)C)C(C)C(=O)O. The molecule has 0 aliphatic heterocycles. The molecule has 0 aromatic heterocycles. The number of carboxylic acids is 1. The van der Waals surface area contributed by atoms with E-state index in [-0.39, 0.29) is 12.0 Å². The molecule has 0 rings (SSSR count). The summed E-state index contributed by atoms with van der Waals surface area (Å²) in [6.45, 7) is 10.0. The van der Waals surface area contributed by atoms with E-state index in [9.17, 15) is 4.79 Å². The zero-order chi connectivity index (χ0) is 13.4. The molecule has 102 valence electrons. The van der Waals surface area contributed by atoms with Crippen LogP contribution in [0.3, 0.4) is 0 Å². The summed E-state index contributed by atoms with van der Waals surface area (Å²) in [5.41, 5.74) is 0. The van der Waals surface area contributed by atoms with Crippen LogP contribution in [0, 0.1) is 5.92 Å². The minimum Gasteiger partial charge on any atom is -0.481 e. The molecule has 0 heterocycles. The smallest absolute Gasteiger partial charge is 0.307 e. The van der Waals surface area contributed by atoms with Crippen molar-refractivity contribution in [3.05, 3.63) is 0 Å². The molecule has 4 heteroatoms. The van der Waals surface area contributed by atoms with Gasteiger partial charge in [-0.15, -0.1) is 0 Å². The topological polar surface area (TPSA) is 52.6 Å². The summed E-state index contributed by atoms with van der Waals surface area (Å²) in [5.74, 6) is -1.06. The summed E-state index contributed by atoms with van der Waals surface area (Å²) in [4.78, 5) is 13.1. The van der Waals surface area contributed by atoms with Gasteiger partial charge in [-0.25, -0.2) is 0 Å². The third-order valence-corrected chi connectivity index (χ3v) is 3.42. The number of nitrogens with zero attached hydrogens (tertiary/aromatic N) is 1. The Bertz CT molecular complexity index is 219. The van der Waals surface area contributed by atoms with Crippen LogP contribution >= 0.6 is 0 Å². The van der Waals surface area contributed by atoms with E-state index in [4.69, 9.17) is 5.11 Å². The van der Waals surface area contributed by atoms with Gasteiger partial charge in [-0.2, -0.15) is 0 Å². The minimum absolute atomic E-state index is 0.0373. The van der Waals surface area contributed by atoms with Crippen LogP contribution < -0.4 is 5.32 Å². The number of carboxylic acid groups (broad SMARTS) is 1. The Balaban J connectivity index is 3.55. The molecule has 0 saturated heterocycles. The van der Waals surface area contributed by atoms with Gasteiger partial charge in [0, 0.05) is 12.1 Å². The van der Waals surface area contributed by atoms with Gasteiger partial charge in [-0.05, 0) is 53.8 Å².